The zero-order chi connectivity index (χ0) is 24.8. The first kappa shape index (κ1) is 23.8. The summed E-state index contributed by atoms with van der Waals surface area (Å²) in [5.74, 6) is -1.16. The maximum atomic E-state index is 13.4. The predicted molar refractivity (Wildman–Crippen MR) is 137 cm³/mol. The van der Waals surface area contributed by atoms with Crippen molar-refractivity contribution in [1.82, 2.24) is 0 Å². The van der Waals surface area contributed by atoms with Crippen molar-refractivity contribution in [2.75, 3.05) is 12.0 Å². The minimum absolute atomic E-state index is 0.0665. The number of carbonyl (C=O) groups excluding carboxylic acids is 2. The van der Waals surface area contributed by atoms with Crippen LogP contribution in [-0.4, -0.2) is 23.9 Å². The third-order valence-corrected chi connectivity index (χ3v) is 7.11. The lowest BCUT2D eigenvalue weighted by Gasteiger charge is -2.26. The number of ether oxygens (including phenoxy) is 1. The summed E-state index contributed by atoms with van der Waals surface area (Å²) < 4.78 is 5.52. The highest BCUT2D eigenvalue weighted by Gasteiger charge is 2.48. The van der Waals surface area contributed by atoms with Gasteiger partial charge in [0.15, 0.2) is 0 Å². The van der Waals surface area contributed by atoms with E-state index in [0.717, 1.165) is 21.6 Å². The van der Waals surface area contributed by atoms with E-state index in [1.54, 1.807) is 6.07 Å². The van der Waals surface area contributed by atoms with Gasteiger partial charge in [0, 0.05) is 10.6 Å². The third kappa shape index (κ3) is 4.03. The number of amides is 1. The number of aryl methyl sites for hydroxylation is 2. The van der Waals surface area contributed by atoms with E-state index in [1.165, 1.54) is 23.3 Å². The Hall–Kier alpha value is -3.38. The van der Waals surface area contributed by atoms with Gasteiger partial charge in [-0.2, -0.15) is 0 Å². The molecule has 0 spiro atoms. The molecule has 1 amide bonds. The number of aliphatic hydroxyl groups excluding tert-OH is 1. The number of ketones is 1. The molecule has 2 heterocycles. The topological polar surface area (TPSA) is 66.8 Å². The summed E-state index contributed by atoms with van der Waals surface area (Å²) in [5, 5.41) is 13.5. The van der Waals surface area contributed by atoms with Gasteiger partial charge in [-0.15, -0.1) is 11.3 Å². The van der Waals surface area contributed by atoms with Gasteiger partial charge in [-0.3, -0.25) is 14.5 Å². The number of carbonyl (C=O) groups is 2. The number of Topliss-reactive ketones (excluding diaryl/α,β-unsaturated/α-hetero) is 1. The van der Waals surface area contributed by atoms with E-state index in [1.807, 2.05) is 61.7 Å². The molecule has 1 aliphatic rings. The first-order valence-electron chi connectivity index (χ1n) is 11.1. The van der Waals surface area contributed by atoms with Crippen LogP contribution < -0.4 is 9.64 Å². The van der Waals surface area contributed by atoms with Crippen LogP contribution in [0.4, 0.5) is 5.69 Å². The van der Waals surface area contributed by atoms with Crippen LogP contribution in [0.5, 0.6) is 5.75 Å². The Morgan fingerprint density at radius 3 is 2.38 bits per heavy atom. The molecule has 176 valence electrons. The Morgan fingerprint density at radius 2 is 1.79 bits per heavy atom. The van der Waals surface area contributed by atoms with Crippen molar-refractivity contribution in [2.45, 2.75) is 46.1 Å². The normalized spacial score (nSPS) is 17.9. The van der Waals surface area contributed by atoms with Gasteiger partial charge in [-0.1, -0.05) is 50.6 Å². The van der Waals surface area contributed by atoms with Crippen molar-refractivity contribution in [3.05, 3.63) is 86.6 Å². The van der Waals surface area contributed by atoms with Crippen LogP contribution in [-0.2, 0) is 15.0 Å². The lowest BCUT2D eigenvalue weighted by molar-refractivity contribution is -0.132. The molecule has 0 aliphatic carbocycles. The van der Waals surface area contributed by atoms with Crippen molar-refractivity contribution in [2.24, 2.45) is 0 Å². The fourth-order valence-electron chi connectivity index (χ4n) is 4.38. The molecular weight excluding hydrogens is 446 g/mol. The Kier molecular flexibility index (Phi) is 6.13. The van der Waals surface area contributed by atoms with Crippen LogP contribution in [0.15, 0.2) is 59.5 Å². The van der Waals surface area contributed by atoms with E-state index in [0.29, 0.717) is 17.0 Å². The van der Waals surface area contributed by atoms with Crippen LogP contribution in [0.25, 0.3) is 5.76 Å². The summed E-state index contributed by atoms with van der Waals surface area (Å²) in [6, 6.07) is 14.4. The van der Waals surface area contributed by atoms with Gasteiger partial charge in [0.1, 0.15) is 17.6 Å². The van der Waals surface area contributed by atoms with Crippen LogP contribution in [0.2, 0.25) is 0 Å². The molecule has 0 radical (unpaired) electrons. The molecule has 2 aromatic carbocycles. The van der Waals surface area contributed by atoms with Crippen LogP contribution in [0.1, 0.15) is 53.9 Å². The summed E-state index contributed by atoms with van der Waals surface area (Å²) in [5.41, 5.74) is 3.86. The number of rotatable bonds is 4. The number of thiophene rings is 1. The van der Waals surface area contributed by atoms with Gasteiger partial charge < -0.3 is 9.84 Å². The molecule has 1 unspecified atom stereocenters. The molecule has 1 N–H and O–H groups in total. The molecule has 0 saturated carbocycles. The van der Waals surface area contributed by atoms with Gasteiger partial charge >= 0.3 is 0 Å². The highest BCUT2D eigenvalue weighted by molar-refractivity contribution is 7.10. The average molecular weight is 476 g/mol. The average Bonchev–Trinajstić information content (AvgIpc) is 3.40. The van der Waals surface area contributed by atoms with Crippen LogP contribution >= 0.6 is 11.3 Å². The number of hydrogen-bond donors (Lipinski definition) is 1. The summed E-state index contributed by atoms with van der Waals surface area (Å²) in [6.45, 7) is 10.1. The lowest BCUT2D eigenvalue weighted by Crippen LogP contribution is -2.29. The Bertz CT molecular complexity index is 1300. The standard InChI is InChI=1S/C28H29NO4S/c1-16-9-11-20(17(2)14-16)29-24(22-8-7-13-34-22)23(26(31)27(29)32)25(30)19-15-18(28(3,4)5)10-12-21(19)33-6/h7-15,24,30H,1-6H3/b25-23+. The van der Waals surface area contributed by atoms with E-state index < -0.39 is 17.7 Å². The molecule has 1 aliphatic heterocycles. The second kappa shape index (κ2) is 8.76. The quantitative estimate of drug-likeness (QED) is 0.273. The Labute approximate surface area is 204 Å². The van der Waals surface area contributed by atoms with Gasteiger partial charge in [0.05, 0.1) is 18.2 Å². The Morgan fingerprint density at radius 1 is 1.06 bits per heavy atom. The van der Waals surface area contributed by atoms with Gasteiger partial charge in [-0.25, -0.2) is 0 Å². The molecule has 34 heavy (non-hydrogen) atoms. The van der Waals surface area contributed by atoms with Crippen molar-refractivity contribution < 1.29 is 19.4 Å². The largest absolute Gasteiger partial charge is 0.507 e. The zero-order valence-electron chi connectivity index (χ0n) is 20.3. The summed E-state index contributed by atoms with van der Waals surface area (Å²) in [6.07, 6.45) is 0. The van der Waals surface area contributed by atoms with E-state index >= 15 is 0 Å². The molecule has 1 atom stereocenters. The number of benzene rings is 2. The molecule has 4 rings (SSSR count). The highest BCUT2D eigenvalue weighted by Crippen LogP contribution is 2.45. The molecule has 1 saturated heterocycles. The van der Waals surface area contributed by atoms with E-state index in [4.69, 9.17) is 4.74 Å². The maximum absolute atomic E-state index is 13.4. The SMILES string of the molecule is COc1ccc(C(C)(C)C)cc1/C(O)=C1\C(=O)C(=O)N(c2ccc(C)cc2C)C1c1cccs1. The zero-order valence-corrected chi connectivity index (χ0v) is 21.1. The molecule has 1 fully saturated rings. The van der Waals surface area contributed by atoms with Crippen LogP contribution in [0.3, 0.4) is 0 Å². The number of hydrogen-bond acceptors (Lipinski definition) is 5. The van der Waals surface area contributed by atoms with Crippen molar-refractivity contribution >= 4 is 34.5 Å². The number of methoxy groups -OCH3 is 1. The van der Waals surface area contributed by atoms with Crippen molar-refractivity contribution in [3.63, 3.8) is 0 Å². The summed E-state index contributed by atoms with van der Waals surface area (Å²) >= 11 is 1.44. The minimum atomic E-state index is -0.732. The van der Waals surface area contributed by atoms with Gasteiger partial charge in [-0.05, 0) is 60.0 Å². The first-order valence-corrected chi connectivity index (χ1v) is 12.0. The maximum Gasteiger partial charge on any atom is 0.300 e. The highest BCUT2D eigenvalue weighted by atomic mass is 32.1. The minimum Gasteiger partial charge on any atom is -0.507 e. The second-order valence-corrected chi connectivity index (χ2v) is 10.6. The van der Waals surface area contributed by atoms with E-state index in [-0.39, 0.29) is 16.7 Å². The predicted octanol–water partition coefficient (Wildman–Crippen LogP) is 6.30. The molecular formula is C28H29NO4S. The molecule has 5 nitrogen and oxygen atoms in total. The molecule has 0 bridgehead atoms. The lowest BCUT2D eigenvalue weighted by atomic mass is 9.85. The van der Waals surface area contributed by atoms with Crippen LogP contribution in [0, 0.1) is 13.8 Å². The fraction of sp³-hybridized carbons (Fsp3) is 0.286. The summed E-state index contributed by atoms with van der Waals surface area (Å²) in [4.78, 5) is 29.1. The number of aliphatic hydroxyl groups is 1. The molecule has 6 heteroatoms. The number of anilines is 1. The smallest absolute Gasteiger partial charge is 0.300 e. The number of nitrogens with zero attached hydrogens (tertiary/aromatic N) is 1. The van der Waals surface area contributed by atoms with Gasteiger partial charge in [0.25, 0.3) is 11.7 Å². The first-order chi connectivity index (χ1) is 16.0. The second-order valence-electron chi connectivity index (χ2n) is 9.64. The summed E-state index contributed by atoms with van der Waals surface area (Å²) in [7, 11) is 1.52. The monoisotopic (exact) mass is 475 g/mol. The van der Waals surface area contributed by atoms with Crippen molar-refractivity contribution in [3.8, 4) is 5.75 Å². The van der Waals surface area contributed by atoms with E-state index in [2.05, 4.69) is 20.8 Å². The fourth-order valence-corrected chi connectivity index (χ4v) is 5.20. The van der Waals surface area contributed by atoms with E-state index in [9.17, 15) is 14.7 Å². The van der Waals surface area contributed by atoms with Crippen molar-refractivity contribution in [1.29, 1.82) is 0 Å². The Balaban J connectivity index is 1.98. The van der Waals surface area contributed by atoms with Gasteiger partial charge in [0.2, 0.25) is 0 Å². The molecule has 3 aromatic rings. The molecule has 1 aromatic heterocycles. The third-order valence-electron chi connectivity index (χ3n) is 6.19.